The van der Waals surface area contributed by atoms with Crippen molar-refractivity contribution >= 4 is 11.9 Å². The summed E-state index contributed by atoms with van der Waals surface area (Å²) in [6.45, 7) is 7.41. The highest BCUT2D eigenvalue weighted by molar-refractivity contribution is 5.70. The molecule has 0 aromatic heterocycles. The van der Waals surface area contributed by atoms with E-state index >= 15 is 0 Å². The molecule has 340 valence electrons. The van der Waals surface area contributed by atoms with Crippen LogP contribution in [-0.2, 0) is 23.8 Å². The third-order valence-electron chi connectivity index (χ3n) is 9.80. The van der Waals surface area contributed by atoms with Crippen LogP contribution in [0, 0.1) is 0 Å². The summed E-state index contributed by atoms with van der Waals surface area (Å²) >= 11 is 0. The molecule has 1 atom stereocenters. The molecular formula is C55H90O5. The molecule has 0 saturated carbocycles. The van der Waals surface area contributed by atoms with E-state index in [4.69, 9.17) is 14.2 Å². The lowest BCUT2D eigenvalue weighted by molar-refractivity contribution is -0.163. The highest BCUT2D eigenvalue weighted by Gasteiger charge is 2.17. The van der Waals surface area contributed by atoms with Gasteiger partial charge in [-0.25, -0.2) is 0 Å². The maximum Gasteiger partial charge on any atom is 0.306 e. The summed E-state index contributed by atoms with van der Waals surface area (Å²) < 4.78 is 17.3. The second-order valence-corrected chi connectivity index (χ2v) is 15.6. The molecule has 60 heavy (non-hydrogen) atoms. The van der Waals surface area contributed by atoms with Crippen LogP contribution in [0.4, 0.5) is 0 Å². The first-order chi connectivity index (χ1) is 29.6. The first-order valence-electron chi connectivity index (χ1n) is 24.4. The van der Waals surface area contributed by atoms with Crippen molar-refractivity contribution in [3.63, 3.8) is 0 Å². The van der Waals surface area contributed by atoms with Crippen LogP contribution in [0.15, 0.2) is 109 Å². The Morgan fingerprint density at radius 1 is 0.383 bits per heavy atom. The zero-order chi connectivity index (χ0) is 43.5. The first kappa shape index (κ1) is 56.6. The summed E-state index contributed by atoms with van der Waals surface area (Å²) in [7, 11) is 0. The maximum atomic E-state index is 12.7. The zero-order valence-electron chi connectivity index (χ0n) is 38.9. The van der Waals surface area contributed by atoms with Gasteiger partial charge < -0.3 is 14.2 Å². The summed E-state index contributed by atoms with van der Waals surface area (Å²) in [6, 6.07) is 0. The largest absolute Gasteiger partial charge is 0.462 e. The molecule has 0 spiro atoms. The average Bonchev–Trinajstić information content (AvgIpc) is 3.25. The molecule has 0 aromatic carbocycles. The normalized spacial score (nSPS) is 13.2. The fraction of sp³-hybridized carbons (Fsp3) is 0.636. The lowest BCUT2D eigenvalue weighted by atomic mass is 10.1. The fourth-order valence-corrected chi connectivity index (χ4v) is 6.25. The van der Waals surface area contributed by atoms with Crippen LogP contribution in [0.2, 0.25) is 0 Å². The van der Waals surface area contributed by atoms with Crippen LogP contribution in [0.5, 0.6) is 0 Å². The van der Waals surface area contributed by atoms with Crippen LogP contribution in [0.3, 0.4) is 0 Å². The molecule has 5 heteroatoms. The summed E-state index contributed by atoms with van der Waals surface area (Å²) in [6.07, 6.45) is 68.2. The molecule has 0 radical (unpaired) electrons. The summed E-state index contributed by atoms with van der Waals surface area (Å²) in [5.74, 6) is -0.458. The highest BCUT2D eigenvalue weighted by atomic mass is 16.6. The lowest BCUT2D eigenvalue weighted by Gasteiger charge is -2.18. The smallest absolute Gasteiger partial charge is 0.306 e. The van der Waals surface area contributed by atoms with Gasteiger partial charge in [0.1, 0.15) is 6.61 Å². The molecule has 0 aliphatic rings. The minimum atomic E-state index is -0.577. The van der Waals surface area contributed by atoms with Gasteiger partial charge in [0.05, 0.1) is 6.61 Å². The monoisotopic (exact) mass is 831 g/mol. The van der Waals surface area contributed by atoms with Crippen LogP contribution < -0.4 is 0 Å². The van der Waals surface area contributed by atoms with Crippen LogP contribution in [-0.4, -0.2) is 37.9 Å². The molecule has 0 aliphatic heterocycles. The number of carbonyl (C=O) groups excluding carboxylic acids is 2. The molecular weight excluding hydrogens is 741 g/mol. The van der Waals surface area contributed by atoms with E-state index in [1.165, 1.54) is 51.4 Å². The number of rotatable bonds is 43. The van der Waals surface area contributed by atoms with E-state index in [2.05, 4.69) is 130 Å². The standard InChI is InChI=1S/C55H90O5/c1-4-7-10-13-16-19-21-23-25-26-27-28-29-31-33-35-38-41-44-47-50-58-51-53(60-55(57)49-46-43-40-36-18-15-12-9-6-3)52-59-54(56)48-45-42-39-37-34-32-30-24-22-20-17-14-11-8-5-2/h7-8,10-11,16-17,19-20,23-25,27-28,30-31,33,38,41,53H,4-6,9,12-15,18,21-22,26,29,32,34-37,39-40,42-52H2,1-3H3/b10-7-,11-8-,19-16-,20-17-,25-23-,28-27-,30-24-,33-31-,41-38-. The summed E-state index contributed by atoms with van der Waals surface area (Å²) in [5, 5.41) is 0. The van der Waals surface area contributed by atoms with E-state index in [1.807, 2.05) is 0 Å². The van der Waals surface area contributed by atoms with Crippen molar-refractivity contribution in [2.75, 3.05) is 19.8 Å². The highest BCUT2D eigenvalue weighted by Crippen LogP contribution is 2.13. The predicted octanol–water partition coefficient (Wildman–Crippen LogP) is 16.4. The molecule has 0 bridgehead atoms. The third-order valence-corrected chi connectivity index (χ3v) is 9.80. The van der Waals surface area contributed by atoms with Gasteiger partial charge in [0.15, 0.2) is 6.10 Å². The van der Waals surface area contributed by atoms with Gasteiger partial charge >= 0.3 is 11.9 Å². The van der Waals surface area contributed by atoms with Crippen molar-refractivity contribution in [2.45, 2.75) is 207 Å². The Balaban J connectivity index is 4.35. The van der Waals surface area contributed by atoms with Crippen molar-refractivity contribution in [2.24, 2.45) is 0 Å². The molecule has 5 nitrogen and oxygen atoms in total. The van der Waals surface area contributed by atoms with Gasteiger partial charge in [0.25, 0.3) is 0 Å². The lowest BCUT2D eigenvalue weighted by Crippen LogP contribution is -2.30. The second kappa shape index (κ2) is 49.9. The van der Waals surface area contributed by atoms with Gasteiger partial charge in [-0.3, -0.25) is 9.59 Å². The number of ether oxygens (including phenoxy) is 3. The maximum absolute atomic E-state index is 12.7. The Kier molecular flexibility index (Phi) is 47.1. The fourth-order valence-electron chi connectivity index (χ4n) is 6.25. The number of hydrogen-bond donors (Lipinski definition) is 0. The minimum Gasteiger partial charge on any atom is -0.462 e. The van der Waals surface area contributed by atoms with E-state index < -0.39 is 6.10 Å². The number of carbonyl (C=O) groups is 2. The van der Waals surface area contributed by atoms with Crippen LogP contribution in [0.25, 0.3) is 0 Å². The van der Waals surface area contributed by atoms with Crippen LogP contribution in [0.1, 0.15) is 201 Å². The van der Waals surface area contributed by atoms with Gasteiger partial charge in [-0.15, -0.1) is 0 Å². The molecule has 0 heterocycles. The molecule has 1 unspecified atom stereocenters. The molecule has 0 rings (SSSR count). The Labute approximate surface area is 370 Å². The number of allylic oxidation sites excluding steroid dienone is 18. The van der Waals surface area contributed by atoms with E-state index in [0.717, 1.165) is 116 Å². The van der Waals surface area contributed by atoms with E-state index in [1.54, 1.807) is 0 Å². The minimum absolute atomic E-state index is 0.0481. The average molecular weight is 831 g/mol. The number of hydrogen-bond acceptors (Lipinski definition) is 5. The molecule has 0 aliphatic carbocycles. The number of unbranched alkanes of at least 4 members (excludes halogenated alkanes) is 14. The molecule has 0 N–H and O–H groups in total. The van der Waals surface area contributed by atoms with Crippen molar-refractivity contribution in [1.29, 1.82) is 0 Å². The Morgan fingerprint density at radius 2 is 0.750 bits per heavy atom. The number of esters is 2. The Bertz CT molecular complexity index is 1210. The van der Waals surface area contributed by atoms with E-state index in [0.29, 0.717) is 19.4 Å². The van der Waals surface area contributed by atoms with E-state index in [-0.39, 0.29) is 25.2 Å². The van der Waals surface area contributed by atoms with Gasteiger partial charge in [-0.1, -0.05) is 201 Å². The van der Waals surface area contributed by atoms with Crippen molar-refractivity contribution in [3.05, 3.63) is 109 Å². The van der Waals surface area contributed by atoms with E-state index in [9.17, 15) is 9.59 Å². The molecule has 0 aromatic rings. The summed E-state index contributed by atoms with van der Waals surface area (Å²) in [5.41, 5.74) is 0. The third kappa shape index (κ3) is 47.2. The van der Waals surface area contributed by atoms with Gasteiger partial charge in [0.2, 0.25) is 0 Å². The van der Waals surface area contributed by atoms with Gasteiger partial charge in [-0.05, 0) is 96.3 Å². The Morgan fingerprint density at radius 3 is 1.20 bits per heavy atom. The zero-order valence-corrected chi connectivity index (χ0v) is 38.9. The first-order valence-corrected chi connectivity index (χ1v) is 24.4. The molecule has 0 saturated heterocycles. The van der Waals surface area contributed by atoms with Crippen molar-refractivity contribution < 1.29 is 23.8 Å². The predicted molar refractivity (Wildman–Crippen MR) is 260 cm³/mol. The second-order valence-electron chi connectivity index (χ2n) is 15.6. The molecule has 0 amide bonds. The SMILES string of the molecule is CC/C=C\C/C=C\C/C=C\C/C=C\C/C=C\C/C=C\CCCOCC(COC(=O)CCCCCCC/C=C\C/C=C\C/C=C\CC)OC(=O)CCCCCCCCCCC. The quantitative estimate of drug-likeness (QED) is 0.0348. The van der Waals surface area contributed by atoms with Gasteiger partial charge in [0, 0.05) is 19.4 Å². The topological polar surface area (TPSA) is 61.8 Å². The van der Waals surface area contributed by atoms with Crippen LogP contribution >= 0.6 is 0 Å². The Hall–Kier alpha value is -3.44. The van der Waals surface area contributed by atoms with Crippen molar-refractivity contribution in [3.8, 4) is 0 Å². The van der Waals surface area contributed by atoms with Gasteiger partial charge in [-0.2, -0.15) is 0 Å². The van der Waals surface area contributed by atoms with Crippen molar-refractivity contribution in [1.82, 2.24) is 0 Å². The molecule has 0 fully saturated rings. The summed E-state index contributed by atoms with van der Waals surface area (Å²) in [4.78, 5) is 25.3.